The Labute approximate surface area is 179 Å². The molecule has 8 heteroatoms. The molecule has 0 aliphatic rings. The molecule has 0 spiro atoms. The summed E-state index contributed by atoms with van der Waals surface area (Å²) in [6, 6.07) is 13.6. The molecule has 0 bridgehead atoms. The first kappa shape index (κ1) is 21.8. The van der Waals surface area contributed by atoms with Gasteiger partial charge in [-0.1, -0.05) is 35.4 Å². The Hall–Kier alpha value is -2.90. The highest BCUT2D eigenvalue weighted by Gasteiger charge is 2.20. The van der Waals surface area contributed by atoms with Gasteiger partial charge in [0.2, 0.25) is 0 Å². The number of aryl methyl sites for hydroxylation is 3. The number of amides is 1. The second kappa shape index (κ2) is 8.45. The Balaban J connectivity index is 1.89. The fourth-order valence-electron chi connectivity index (χ4n) is 2.94. The van der Waals surface area contributed by atoms with Gasteiger partial charge < -0.3 is 5.32 Å². The van der Waals surface area contributed by atoms with E-state index in [-0.39, 0.29) is 15.5 Å². The van der Waals surface area contributed by atoms with Crippen LogP contribution in [0, 0.1) is 26.6 Å². The topological polar surface area (TPSA) is 75.3 Å². The van der Waals surface area contributed by atoms with E-state index in [2.05, 4.69) is 10.0 Å². The van der Waals surface area contributed by atoms with Crippen LogP contribution in [0.3, 0.4) is 0 Å². The van der Waals surface area contributed by atoms with Crippen molar-refractivity contribution in [1.29, 1.82) is 0 Å². The van der Waals surface area contributed by atoms with Gasteiger partial charge >= 0.3 is 0 Å². The van der Waals surface area contributed by atoms with Gasteiger partial charge in [-0.15, -0.1) is 0 Å². The van der Waals surface area contributed by atoms with Crippen LogP contribution >= 0.6 is 11.6 Å². The van der Waals surface area contributed by atoms with Crippen LogP contribution < -0.4 is 10.0 Å². The van der Waals surface area contributed by atoms with E-state index in [4.69, 9.17) is 11.6 Å². The van der Waals surface area contributed by atoms with Crippen LogP contribution in [0.4, 0.5) is 15.8 Å². The number of rotatable bonds is 5. The molecule has 0 heterocycles. The zero-order valence-corrected chi connectivity index (χ0v) is 18.2. The van der Waals surface area contributed by atoms with Gasteiger partial charge in [-0.05, 0) is 68.3 Å². The van der Waals surface area contributed by atoms with Gasteiger partial charge in [0.1, 0.15) is 5.82 Å². The molecule has 3 rings (SSSR count). The van der Waals surface area contributed by atoms with Crippen LogP contribution in [0.1, 0.15) is 27.0 Å². The maximum atomic E-state index is 13.3. The quantitative estimate of drug-likeness (QED) is 0.546. The van der Waals surface area contributed by atoms with Gasteiger partial charge in [-0.3, -0.25) is 9.52 Å². The van der Waals surface area contributed by atoms with E-state index in [9.17, 15) is 17.6 Å². The number of sulfonamides is 1. The van der Waals surface area contributed by atoms with Gasteiger partial charge in [0.25, 0.3) is 15.9 Å². The molecule has 0 aliphatic carbocycles. The van der Waals surface area contributed by atoms with E-state index < -0.39 is 21.7 Å². The van der Waals surface area contributed by atoms with Crippen molar-refractivity contribution in [3.63, 3.8) is 0 Å². The van der Waals surface area contributed by atoms with Crippen molar-refractivity contribution in [2.75, 3.05) is 10.0 Å². The number of hydrogen-bond acceptors (Lipinski definition) is 3. The summed E-state index contributed by atoms with van der Waals surface area (Å²) in [5, 5.41) is 2.46. The zero-order valence-electron chi connectivity index (χ0n) is 16.6. The lowest BCUT2D eigenvalue weighted by Gasteiger charge is -2.14. The molecule has 0 unspecified atom stereocenters. The van der Waals surface area contributed by atoms with Crippen LogP contribution in [-0.4, -0.2) is 14.3 Å². The lowest BCUT2D eigenvalue weighted by atomic mass is 10.1. The average Bonchev–Trinajstić information content (AvgIpc) is 2.67. The second-order valence-electron chi connectivity index (χ2n) is 6.99. The molecule has 0 saturated heterocycles. The Kier molecular flexibility index (Phi) is 6.14. The number of benzene rings is 3. The normalized spacial score (nSPS) is 11.2. The van der Waals surface area contributed by atoms with Crippen molar-refractivity contribution in [3.8, 4) is 0 Å². The maximum absolute atomic E-state index is 13.3. The van der Waals surface area contributed by atoms with Crippen molar-refractivity contribution in [3.05, 3.63) is 87.7 Å². The Bertz CT molecular complexity index is 1240. The van der Waals surface area contributed by atoms with Crippen LogP contribution in [-0.2, 0) is 10.0 Å². The maximum Gasteiger partial charge on any atom is 0.262 e. The van der Waals surface area contributed by atoms with Gasteiger partial charge in [0.15, 0.2) is 0 Å². The van der Waals surface area contributed by atoms with Crippen LogP contribution in [0.25, 0.3) is 0 Å². The molecular weight excluding hydrogens is 427 g/mol. The van der Waals surface area contributed by atoms with Crippen molar-refractivity contribution in [2.24, 2.45) is 0 Å². The minimum Gasteiger partial charge on any atom is -0.322 e. The van der Waals surface area contributed by atoms with Crippen molar-refractivity contribution in [2.45, 2.75) is 25.7 Å². The average molecular weight is 447 g/mol. The summed E-state index contributed by atoms with van der Waals surface area (Å²) < 4.78 is 41.8. The highest BCUT2D eigenvalue weighted by Crippen LogP contribution is 2.25. The summed E-state index contributed by atoms with van der Waals surface area (Å²) >= 11 is 5.73. The molecular formula is C22H20ClFN2O3S. The molecule has 2 N–H and O–H groups in total. The number of hydrogen-bond donors (Lipinski definition) is 2. The van der Waals surface area contributed by atoms with E-state index in [0.29, 0.717) is 16.9 Å². The minimum absolute atomic E-state index is 0.00716. The van der Waals surface area contributed by atoms with Gasteiger partial charge in [0, 0.05) is 11.3 Å². The number of anilines is 2. The second-order valence-corrected chi connectivity index (χ2v) is 9.05. The number of nitrogens with one attached hydrogen (secondary N) is 2. The van der Waals surface area contributed by atoms with Crippen LogP contribution in [0.15, 0.2) is 59.5 Å². The summed E-state index contributed by atoms with van der Waals surface area (Å²) in [5.41, 5.74) is 3.21. The lowest BCUT2D eigenvalue weighted by Crippen LogP contribution is -2.17. The minimum atomic E-state index is -3.92. The molecule has 1 amide bonds. The Morgan fingerprint density at radius 2 is 1.67 bits per heavy atom. The van der Waals surface area contributed by atoms with Crippen LogP contribution in [0.5, 0.6) is 0 Å². The standard InChI is InChI=1S/C22H20ClFN2O3S/c1-13-4-9-20(15(3)10-13)26-30(28,29)21-11-16(6-5-14(21)2)22(27)25-17-7-8-19(24)18(23)12-17/h4-12,26H,1-3H3,(H,25,27). The van der Waals surface area contributed by atoms with E-state index in [0.717, 1.165) is 17.2 Å². The SMILES string of the molecule is Cc1ccc(NS(=O)(=O)c2cc(C(=O)Nc3ccc(F)c(Cl)c3)ccc2C)c(C)c1. The molecule has 30 heavy (non-hydrogen) atoms. The molecule has 0 radical (unpaired) electrons. The Morgan fingerprint density at radius 1 is 0.933 bits per heavy atom. The number of halogens is 2. The highest BCUT2D eigenvalue weighted by atomic mass is 35.5. The summed E-state index contributed by atoms with van der Waals surface area (Å²) in [6.07, 6.45) is 0. The number of carbonyl (C=O) groups is 1. The van der Waals surface area contributed by atoms with Crippen LogP contribution in [0.2, 0.25) is 5.02 Å². The number of carbonyl (C=O) groups excluding carboxylic acids is 1. The zero-order chi connectivity index (χ0) is 22.1. The molecule has 0 saturated carbocycles. The van der Waals surface area contributed by atoms with E-state index >= 15 is 0 Å². The summed E-state index contributed by atoms with van der Waals surface area (Å²) in [6.45, 7) is 5.39. The first-order valence-corrected chi connectivity index (χ1v) is 10.9. The van der Waals surface area contributed by atoms with Crippen molar-refractivity contribution in [1.82, 2.24) is 0 Å². The van der Waals surface area contributed by atoms with Crippen molar-refractivity contribution < 1.29 is 17.6 Å². The molecule has 0 aliphatic heterocycles. The summed E-state index contributed by atoms with van der Waals surface area (Å²) in [7, 11) is -3.92. The third-order valence-corrected chi connectivity index (χ3v) is 6.34. The lowest BCUT2D eigenvalue weighted by molar-refractivity contribution is 0.102. The highest BCUT2D eigenvalue weighted by molar-refractivity contribution is 7.92. The fraction of sp³-hybridized carbons (Fsp3) is 0.136. The first-order chi connectivity index (χ1) is 14.1. The van der Waals surface area contributed by atoms with Gasteiger partial charge in [-0.2, -0.15) is 0 Å². The first-order valence-electron chi connectivity index (χ1n) is 9.04. The third-order valence-electron chi connectivity index (χ3n) is 4.54. The predicted molar refractivity (Wildman–Crippen MR) is 117 cm³/mol. The molecule has 0 aromatic heterocycles. The Morgan fingerprint density at radius 3 is 2.33 bits per heavy atom. The van der Waals surface area contributed by atoms with Crippen molar-refractivity contribution >= 4 is 38.9 Å². The fourth-order valence-corrected chi connectivity index (χ4v) is 4.52. The molecule has 3 aromatic rings. The molecule has 0 atom stereocenters. The molecule has 3 aromatic carbocycles. The molecule has 0 fully saturated rings. The van der Waals surface area contributed by atoms with Gasteiger partial charge in [0.05, 0.1) is 15.6 Å². The monoisotopic (exact) mass is 446 g/mol. The smallest absolute Gasteiger partial charge is 0.262 e. The third kappa shape index (κ3) is 4.80. The van der Waals surface area contributed by atoms with E-state index in [1.165, 1.54) is 24.3 Å². The largest absolute Gasteiger partial charge is 0.322 e. The van der Waals surface area contributed by atoms with E-state index in [1.54, 1.807) is 19.1 Å². The van der Waals surface area contributed by atoms with E-state index in [1.807, 2.05) is 26.0 Å². The summed E-state index contributed by atoms with van der Waals surface area (Å²) in [4.78, 5) is 12.6. The summed E-state index contributed by atoms with van der Waals surface area (Å²) in [5.74, 6) is -1.14. The predicted octanol–water partition coefficient (Wildman–Crippen LogP) is 5.46. The van der Waals surface area contributed by atoms with Gasteiger partial charge in [-0.25, -0.2) is 12.8 Å². The molecule has 156 valence electrons. The molecule has 5 nitrogen and oxygen atoms in total.